The van der Waals surface area contributed by atoms with Gasteiger partial charge < -0.3 is 14.2 Å². The number of nitrogens with one attached hydrogen (secondary N) is 1. The molecule has 0 aliphatic carbocycles. The highest BCUT2D eigenvalue weighted by Crippen LogP contribution is 2.38. The first-order valence-electron chi connectivity index (χ1n) is 7.29. The van der Waals surface area contributed by atoms with Crippen LogP contribution in [0, 0.1) is 6.92 Å². The van der Waals surface area contributed by atoms with E-state index in [4.69, 9.17) is 14.2 Å². The van der Waals surface area contributed by atoms with Gasteiger partial charge in [0.1, 0.15) is 0 Å². The molecule has 6 nitrogen and oxygen atoms in total. The first kappa shape index (κ1) is 17.3. The molecule has 2 aromatic carbocycles. The SMILES string of the molecule is COc1cc(C(=O)N/N=C/c2cccc(C)c2)cc(OC)c1OC. The van der Waals surface area contributed by atoms with Crippen LogP contribution in [0.25, 0.3) is 0 Å². The highest BCUT2D eigenvalue weighted by Gasteiger charge is 2.16. The maximum Gasteiger partial charge on any atom is 0.271 e. The zero-order chi connectivity index (χ0) is 17.5. The number of methoxy groups -OCH3 is 3. The number of aryl methyl sites for hydroxylation is 1. The molecule has 0 unspecified atom stereocenters. The Bertz CT molecular complexity index is 731. The van der Waals surface area contributed by atoms with Crippen LogP contribution in [0.2, 0.25) is 0 Å². The second-order valence-electron chi connectivity index (χ2n) is 5.03. The van der Waals surface area contributed by atoms with E-state index in [0.29, 0.717) is 22.8 Å². The van der Waals surface area contributed by atoms with Gasteiger partial charge in [0.05, 0.1) is 27.5 Å². The molecule has 0 spiro atoms. The number of hydrogen-bond donors (Lipinski definition) is 1. The molecule has 0 radical (unpaired) electrons. The number of benzene rings is 2. The summed E-state index contributed by atoms with van der Waals surface area (Å²) in [7, 11) is 4.50. The maximum atomic E-state index is 12.3. The van der Waals surface area contributed by atoms with Crippen molar-refractivity contribution in [2.75, 3.05) is 21.3 Å². The molecule has 0 fully saturated rings. The summed E-state index contributed by atoms with van der Waals surface area (Å²) >= 11 is 0. The number of hydrogen-bond acceptors (Lipinski definition) is 5. The number of nitrogens with zero attached hydrogens (tertiary/aromatic N) is 1. The van der Waals surface area contributed by atoms with E-state index in [0.717, 1.165) is 11.1 Å². The molecule has 0 saturated carbocycles. The van der Waals surface area contributed by atoms with Gasteiger partial charge in [-0.1, -0.05) is 29.8 Å². The van der Waals surface area contributed by atoms with E-state index in [9.17, 15) is 4.79 Å². The molecule has 0 atom stereocenters. The summed E-state index contributed by atoms with van der Waals surface area (Å²) in [5.41, 5.74) is 4.86. The normalized spacial score (nSPS) is 10.5. The minimum Gasteiger partial charge on any atom is -0.493 e. The number of carbonyl (C=O) groups is 1. The van der Waals surface area contributed by atoms with Crippen molar-refractivity contribution >= 4 is 12.1 Å². The second kappa shape index (κ2) is 8.01. The first-order valence-corrected chi connectivity index (χ1v) is 7.29. The Morgan fingerprint density at radius 3 is 2.25 bits per heavy atom. The number of hydrazone groups is 1. The highest BCUT2D eigenvalue weighted by atomic mass is 16.5. The number of rotatable bonds is 6. The lowest BCUT2D eigenvalue weighted by molar-refractivity contribution is 0.0954. The number of amides is 1. The van der Waals surface area contributed by atoms with E-state index in [1.807, 2.05) is 31.2 Å². The van der Waals surface area contributed by atoms with E-state index in [2.05, 4.69) is 10.5 Å². The van der Waals surface area contributed by atoms with Crippen molar-refractivity contribution in [3.05, 3.63) is 53.1 Å². The standard InChI is InChI=1S/C18H20N2O4/c1-12-6-5-7-13(8-12)11-19-20-18(21)14-9-15(22-2)17(24-4)16(10-14)23-3/h5-11H,1-4H3,(H,20,21)/b19-11+. The number of ether oxygens (including phenoxy) is 3. The first-order chi connectivity index (χ1) is 11.6. The molecule has 24 heavy (non-hydrogen) atoms. The Morgan fingerprint density at radius 1 is 1.04 bits per heavy atom. The molecule has 126 valence electrons. The fourth-order valence-corrected chi connectivity index (χ4v) is 2.19. The molecule has 6 heteroatoms. The summed E-state index contributed by atoms with van der Waals surface area (Å²) in [6, 6.07) is 10.9. The molecule has 2 rings (SSSR count). The van der Waals surface area contributed by atoms with Crippen molar-refractivity contribution in [2.45, 2.75) is 6.92 Å². The van der Waals surface area contributed by atoms with Crippen LogP contribution < -0.4 is 19.6 Å². The van der Waals surface area contributed by atoms with Gasteiger partial charge in [-0.3, -0.25) is 4.79 Å². The van der Waals surface area contributed by atoms with Gasteiger partial charge in [-0.15, -0.1) is 0 Å². The third-order valence-corrected chi connectivity index (χ3v) is 3.35. The third-order valence-electron chi connectivity index (χ3n) is 3.35. The van der Waals surface area contributed by atoms with Crippen molar-refractivity contribution in [1.82, 2.24) is 5.43 Å². The third kappa shape index (κ3) is 4.04. The molecule has 0 bridgehead atoms. The van der Waals surface area contributed by atoms with Gasteiger partial charge in [0.15, 0.2) is 11.5 Å². The van der Waals surface area contributed by atoms with Crippen LogP contribution in [0.4, 0.5) is 0 Å². The van der Waals surface area contributed by atoms with Gasteiger partial charge in [0.25, 0.3) is 5.91 Å². The van der Waals surface area contributed by atoms with Crippen LogP contribution in [0.5, 0.6) is 17.2 Å². The molecule has 0 aliphatic rings. The fraction of sp³-hybridized carbons (Fsp3) is 0.222. The van der Waals surface area contributed by atoms with Gasteiger partial charge >= 0.3 is 0 Å². The smallest absolute Gasteiger partial charge is 0.271 e. The van der Waals surface area contributed by atoms with E-state index in [-0.39, 0.29) is 5.91 Å². The molecular formula is C18H20N2O4. The van der Waals surface area contributed by atoms with Crippen LogP contribution in [-0.4, -0.2) is 33.5 Å². The Hall–Kier alpha value is -3.02. The monoisotopic (exact) mass is 328 g/mol. The van der Waals surface area contributed by atoms with E-state index >= 15 is 0 Å². The van der Waals surface area contributed by atoms with Crippen LogP contribution in [0.1, 0.15) is 21.5 Å². The van der Waals surface area contributed by atoms with Crippen molar-refractivity contribution < 1.29 is 19.0 Å². The van der Waals surface area contributed by atoms with Crippen LogP contribution >= 0.6 is 0 Å². The fourth-order valence-electron chi connectivity index (χ4n) is 2.19. The van der Waals surface area contributed by atoms with Gasteiger partial charge in [-0.25, -0.2) is 5.43 Å². The van der Waals surface area contributed by atoms with E-state index in [1.165, 1.54) is 21.3 Å². The van der Waals surface area contributed by atoms with Crippen LogP contribution in [-0.2, 0) is 0 Å². The van der Waals surface area contributed by atoms with Gasteiger partial charge in [-0.2, -0.15) is 5.10 Å². The largest absolute Gasteiger partial charge is 0.493 e. The van der Waals surface area contributed by atoms with E-state index < -0.39 is 0 Å². The molecule has 0 aliphatic heterocycles. The summed E-state index contributed by atoms with van der Waals surface area (Å²) in [4.78, 5) is 12.3. The molecule has 1 amide bonds. The summed E-state index contributed by atoms with van der Waals surface area (Å²) in [6.07, 6.45) is 1.59. The zero-order valence-electron chi connectivity index (χ0n) is 14.1. The molecule has 2 aromatic rings. The average Bonchev–Trinajstić information content (AvgIpc) is 2.60. The Morgan fingerprint density at radius 2 is 1.71 bits per heavy atom. The Balaban J connectivity index is 2.17. The average molecular weight is 328 g/mol. The quantitative estimate of drug-likeness (QED) is 0.654. The predicted octanol–water partition coefficient (Wildman–Crippen LogP) is 2.78. The lowest BCUT2D eigenvalue weighted by atomic mass is 10.1. The summed E-state index contributed by atoms with van der Waals surface area (Å²) in [5.74, 6) is 0.868. The predicted molar refractivity (Wildman–Crippen MR) is 92.3 cm³/mol. The highest BCUT2D eigenvalue weighted by molar-refractivity contribution is 5.96. The van der Waals surface area contributed by atoms with Crippen molar-refractivity contribution in [2.24, 2.45) is 5.10 Å². The number of carbonyl (C=O) groups excluding carboxylic acids is 1. The zero-order valence-corrected chi connectivity index (χ0v) is 14.1. The van der Waals surface area contributed by atoms with Crippen LogP contribution in [0.15, 0.2) is 41.5 Å². The minimum absolute atomic E-state index is 0.353. The van der Waals surface area contributed by atoms with Crippen LogP contribution in [0.3, 0.4) is 0 Å². The molecule has 1 N–H and O–H groups in total. The van der Waals surface area contributed by atoms with Crippen molar-refractivity contribution in [3.8, 4) is 17.2 Å². The summed E-state index contributed by atoms with van der Waals surface area (Å²) in [5, 5.41) is 3.98. The van der Waals surface area contributed by atoms with Crippen molar-refractivity contribution in [3.63, 3.8) is 0 Å². The Labute approximate surface area is 141 Å². The van der Waals surface area contributed by atoms with Gasteiger partial charge in [0.2, 0.25) is 5.75 Å². The maximum absolute atomic E-state index is 12.3. The summed E-state index contributed by atoms with van der Waals surface area (Å²) < 4.78 is 15.7. The van der Waals surface area contributed by atoms with Gasteiger partial charge in [-0.05, 0) is 24.6 Å². The van der Waals surface area contributed by atoms with Crippen molar-refractivity contribution in [1.29, 1.82) is 0 Å². The minimum atomic E-state index is -0.377. The van der Waals surface area contributed by atoms with Gasteiger partial charge in [0, 0.05) is 5.56 Å². The molecule has 0 saturated heterocycles. The lowest BCUT2D eigenvalue weighted by Crippen LogP contribution is -2.18. The molecular weight excluding hydrogens is 308 g/mol. The topological polar surface area (TPSA) is 69.2 Å². The molecule has 0 aromatic heterocycles. The lowest BCUT2D eigenvalue weighted by Gasteiger charge is -2.13. The molecule has 0 heterocycles. The second-order valence-corrected chi connectivity index (χ2v) is 5.03. The summed E-state index contributed by atoms with van der Waals surface area (Å²) in [6.45, 7) is 1.99. The van der Waals surface area contributed by atoms with E-state index in [1.54, 1.807) is 18.3 Å². The Kier molecular flexibility index (Phi) is 5.78.